The highest BCUT2D eigenvalue weighted by molar-refractivity contribution is 7.99. The first-order valence-corrected chi connectivity index (χ1v) is 11.6. The number of methoxy groups -OCH3 is 2. The van der Waals surface area contributed by atoms with Crippen molar-refractivity contribution in [2.45, 2.75) is 30.5 Å². The number of ether oxygens (including phenoxy) is 2. The largest absolute Gasteiger partial charge is 0.497 e. The third kappa shape index (κ3) is 6.95. The molecule has 2 aromatic carbocycles. The average molecular weight is 439 g/mol. The number of benzene rings is 2. The van der Waals surface area contributed by atoms with Crippen LogP contribution >= 0.6 is 11.8 Å². The van der Waals surface area contributed by atoms with Crippen LogP contribution in [0.25, 0.3) is 0 Å². The summed E-state index contributed by atoms with van der Waals surface area (Å²) in [5, 5.41) is 2.73. The molecule has 0 saturated heterocycles. The van der Waals surface area contributed by atoms with Crippen LogP contribution < -0.4 is 19.5 Å². The Morgan fingerprint density at radius 2 is 1.76 bits per heavy atom. The molecule has 1 amide bonds. The molecule has 0 atom stereocenters. The molecule has 2 aromatic rings. The van der Waals surface area contributed by atoms with Gasteiger partial charge in [0.05, 0.1) is 30.6 Å². The average Bonchev–Trinajstić information content (AvgIpc) is 2.67. The Balaban J connectivity index is 2.01. The van der Waals surface area contributed by atoms with E-state index in [0.29, 0.717) is 17.2 Å². The normalized spacial score (nSPS) is 11.3. The second-order valence-electron chi connectivity index (χ2n) is 6.53. The zero-order valence-corrected chi connectivity index (χ0v) is 18.5. The van der Waals surface area contributed by atoms with Gasteiger partial charge in [0.25, 0.3) is 0 Å². The van der Waals surface area contributed by atoms with Crippen molar-refractivity contribution < 1.29 is 22.7 Å². The van der Waals surface area contributed by atoms with Crippen molar-refractivity contribution in [3.63, 3.8) is 0 Å². The lowest BCUT2D eigenvalue weighted by atomic mass is 10.2. The Morgan fingerprint density at radius 3 is 2.34 bits per heavy atom. The van der Waals surface area contributed by atoms with Crippen molar-refractivity contribution in [2.75, 3.05) is 25.3 Å². The van der Waals surface area contributed by atoms with Gasteiger partial charge in [-0.25, -0.2) is 13.1 Å². The summed E-state index contributed by atoms with van der Waals surface area (Å²) in [5.41, 5.74) is 1.39. The Hall–Kier alpha value is -2.23. The molecule has 7 nitrogen and oxygen atoms in total. The van der Waals surface area contributed by atoms with Crippen molar-refractivity contribution in [1.82, 2.24) is 4.72 Å². The minimum atomic E-state index is -3.67. The van der Waals surface area contributed by atoms with E-state index in [2.05, 4.69) is 10.0 Å². The van der Waals surface area contributed by atoms with Crippen LogP contribution in [0.1, 0.15) is 19.4 Å². The first-order chi connectivity index (χ1) is 13.7. The van der Waals surface area contributed by atoms with Gasteiger partial charge in [0.2, 0.25) is 15.9 Å². The van der Waals surface area contributed by atoms with Gasteiger partial charge in [-0.3, -0.25) is 4.79 Å². The standard InChI is InChI=1S/C20H26N2O5S2/c1-14(2)22-29(24,25)17-9-10-19(27-4)18(11-17)21-20(23)13-28-12-15-5-7-16(26-3)8-6-15/h5-11,14,22H,12-13H2,1-4H3,(H,21,23). The molecule has 9 heteroatoms. The zero-order chi connectivity index (χ0) is 21.4. The first-order valence-electron chi connectivity index (χ1n) is 8.96. The smallest absolute Gasteiger partial charge is 0.240 e. The molecule has 0 saturated carbocycles. The minimum Gasteiger partial charge on any atom is -0.497 e. The summed E-state index contributed by atoms with van der Waals surface area (Å²) in [5.74, 6) is 1.82. The van der Waals surface area contributed by atoms with Crippen LogP contribution in [0.3, 0.4) is 0 Å². The number of hydrogen-bond acceptors (Lipinski definition) is 6. The van der Waals surface area contributed by atoms with E-state index >= 15 is 0 Å². The maximum absolute atomic E-state index is 12.4. The Bertz CT molecular complexity index is 928. The summed E-state index contributed by atoms with van der Waals surface area (Å²) in [6.07, 6.45) is 0. The van der Waals surface area contributed by atoms with Gasteiger partial charge in [0.15, 0.2) is 0 Å². The Morgan fingerprint density at radius 1 is 1.07 bits per heavy atom. The molecule has 158 valence electrons. The fourth-order valence-corrected chi connectivity index (χ4v) is 4.56. The topological polar surface area (TPSA) is 93.7 Å². The van der Waals surface area contributed by atoms with Gasteiger partial charge < -0.3 is 14.8 Å². The summed E-state index contributed by atoms with van der Waals surface area (Å²) in [6.45, 7) is 3.48. The highest BCUT2D eigenvalue weighted by Gasteiger charge is 2.18. The summed E-state index contributed by atoms with van der Waals surface area (Å²) in [7, 11) is -0.599. The van der Waals surface area contributed by atoms with Gasteiger partial charge in [-0.2, -0.15) is 0 Å². The van der Waals surface area contributed by atoms with Gasteiger partial charge in [-0.15, -0.1) is 11.8 Å². The molecular weight excluding hydrogens is 412 g/mol. The van der Waals surface area contributed by atoms with Gasteiger partial charge in [0, 0.05) is 11.8 Å². The molecule has 0 aliphatic rings. The number of nitrogens with one attached hydrogen (secondary N) is 2. The number of sulfonamides is 1. The predicted molar refractivity (Wildman–Crippen MR) is 116 cm³/mol. The third-order valence-electron chi connectivity index (χ3n) is 3.81. The van der Waals surface area contributed by atoms with Gasteiger partial charge in [-0.05, 0) is 49.7 Å². The number of carbonyl (C=O) groups is 1. The lowest BCUT2D eigenvalue weighted by molar-refractivity contribution is -0.113. The van der Waals surface area contributed by atoms with Crippen molar-refractivity contribution in [3.8, 4) is 11.5 Å². The van der Waals surface area contributed by atoms with E-state index in [1.54, 1.807) is 21.0 Å². The minimum absolute atomic E-state index is 0.0631. The molecule has 2 rings (SSSR count). The molecule has 0 spiro atoms. The number of amides is 1. The monoisotopic (exact) mass is 438 g/mol. The van der Waals surface area contributed by atoms with Crippen LogP contribution in [0.15, 0.2) is 47.4 Å². The van der Waals surface area contributed by atoms with Crippen LogP contribution in [0.5, 0.6) is 11.5 Å². The SMILES string of the molecule is COc1ccc(CSCC(=O)Nc2cc(S(=O)(=O)NC(C)C)ccc2OC)cc1. The summed E-state index contributed by atoms with van der Waals surface area (Å²) >= 11 is 1.45. The van der Waals surface area contributed by atoms with E-state index < -0.39 is 10.0 Å². The van der Waals surface area contributed by atoms with E-state index in [9.17, 15) is 13.2 Å². The second-order valence-corrected chi connectivity index (χ2v) is 9.23. The van der Waals surface area contributed by atoms with Gasteiger partial charge in [-0.1, -0.05) is 12.1 Å². The Kier molecular flexibility index (Phi) is 8.36. The quantitative estimate of drug-likeness (QED) is 0.591. The molecule has 0 aliphatic heterocycles. The van der Waals surface area contributed by atoms with Crippen molar-refractivity contribution in [3.05, 3.63) is 48.0 Å². The lowest BCUT2D eigenvalue weighted by Crippen LogP contribution is -2.30. The molecule has 29 heavy (non-hydrogen) atoms. The van der Waals surface area contributed by atoms with E-state index in [1.165, 1.54) is 37.1 Å². The van der Waals surface area contributed by atoms with E-state index in [0.717, 1.165) is 11.3 Å². The molecule has 0 heterocycles. The molecule has 2 N–H and O–H groups in total. The maximum Gasteiger partial charge on any atom is 0.240 e. The van der Waals surface area contributed by atoms with Gasteiger partial charge in [0.1, 0.15) is 11.5 Å². The molecule has 0 fully saturated rings. The summed E-state index contributed by atoms with van der Waals surface area (Å²) < 4.78 is 37.6. The van der Waals surface area contributed by atoms with E-state index in [1.807, 2.05) is 24.3 Å². The van der Waals surface area contributed by atoms with Crippen LogP contribution in [-0.4, -0.2) is 40.3 Å². The number of anilines is 1. The van der Waals surface area contributed by atoms with Crippen molar-refractivity contribution in [2.24, 2.45) is 0 Å². The molecule has 0 aliphatic carbocycles. The summed E-state index contributed by atoms with van der Waals surface area (Å²) in [6, 6.07) is 11.8. The van der Waals surface area contributed by atoms with Gasteiger partial charge >= 0.3 is 0 Å². The highest BCUT2D eigenvalue weighted by Crippen LogP contribution is 2.28. The fraction of sp³-hybridized carbons (Fsp3) is 0.350. The molecule has 0 radical (unpaired) electrons. The number of thioether (sulfide) groups is 1. The predicted octanol–water partition coefficient (Wildman–Crippen LogP) is 3.26. The summed E-state index contributed by atoms with van der Waals surface area (Å²) in [4.78, 5) is 12.4. The van der Waals surface area contributed by atoms with E-state index in [4.69, 9.17) is 9.47 Å². The molecule has 0 unspecified atom stereocenters. The molecular formula is C20H26N2O5S2. The van der Waals surface area contributed by atoms with Crippen molar-refractivity contribution >= 4 is 33.4 Å². The van der Waals surface area contributed by atoms with Crippen molar-refractivity contribution in [1.29, 1.82) is 0 Å². The third-order valence-corrected chi connectivity index (χ3v) is 6.47. The van der Waals surface area contributed by atoms with Crippen LogP contribution in [0.4, 0.5) is 5.69 Å². The zero-order valence-electron chi connectivity index (χ0n) is 16.9. The number of rotatable bonds is 10. The maximum atomic E-state index is 12.4. The van der Waals surface area contributed by atoms with E-state index in [-0.39, 0.29) is 22.6 Å². The first kappa shape index (κ1) is 23.1. The van der Waals surface area contributed by atoms with Crippen LogP contribution in [0.2, 0.25) is 0 Å². The van der Waals surface area contributed by atoms with Crippen LogP contribution in [0, 0.1) is 0 Å². The lowest BCUT2D eigenvalue weighted by Gasteiger charge is -2.14. The number of carbonyl (C=O) groups excluding carboxylic acids is 1. The second kappa shape index (κ2) is 10.5. The fourth-order valence-electron chi connectivity index (χ4n) is 2.50. The highest BCUT2D eigenvalue weighted by atomic mass is 32.2. The molecule has 0 aromatic heterocycles. The number of hydrogen-bond donors (Lipinski definition) is 2. The molecule has 0 bridgehead atoms. The Labute approximate surface area is 176 Å². The van der Waals surface area contributed by atoms with Crippen LogP contribution in [-0.2, 0) is 20.6 Å².